The van der Waals surface area contributed by atoms with Crippen LogP contribution in [0.5, 0.6) is 0 Å². The van der Waals surface area contributed by atoms with Gasteiger partial charge in [0.1, 0.15) is 0 Å². The molecule has 0 bridgehead atoms. The molecule has 0 saturated carbocycles. The van der Waals surface area contributed by atoms with Crippen LogP contribution >= 0.6 is 11.6 Å². The summed E-state index contributed by atoms with van der Waals surface area (Å²) in [5.41, 5.74) is 5.43. The van der Waals surface area contributed by atoms with Crippen molar-refractivity contribution in [3.05, 3.63) is 0 Å². The number of nitrogens with zero attached hydrogens (tertiary/aromatic N) is 1. The van der Waals surface area contributed by atoms with Gasteiger partial charge in [0.05, 0.1) is 0 Å². The topological polar surface area (TPSA) is 46.3 Å². The van der Waals surface area contributed by atoms with Gasteiger partial charge < -0.3 is 10.6 Å². The zero-order chi connectivity index (χ0) is 11.8. The van der Waals surface area contributed by atoms with E-state index in [2.05, 4.69) is 0 Å². The molecule has 1 saturated heterocycles. The fourth-order valence-corrected chi connectivity index (χ4v) is 2.36. The van der Waals surface area contributed by atoms with Gasteiger partial charge in [-0.05, 0) is 25.3 Å². The molecular weight excluding hydrogens is 224 g/mol. The van der Waals surface area contributed by atoms with Crippen LogP contribution in [0.4, 0.5) is 0 Å². The van der Waals surface area contributed by atoms with Gasteiger partial charge in [-0.2, -0.15) is 0 Å². The molecule has 3 nitrogen and oxygen atoms in total. The van der Waals surface area contributed by atoms with Crippen LogP contribution in [0.15, 0.2) is 0 Å². The van der Waals surface area contributed by atoms with Crippen LogP contribution in [0.1, 0.15) is 38.5 Å². The number of rotatable bonds is 8. The number of hydrogen-bond acceptors (Lipinski definition) is 2. The number of alkyl halides is 1. The van der Waals surface area contributed by atoms with E-state index in [-0.39, 0.29) is 5.91 Å². The third-order valence-electron chi connectivity index (χ3n) is 3.14. The normalized spacial score (nSPS) is 20.8. The SMILES string of the molecule is NCCCCCCCN1CC(CCl)CC1=O. The fourth-order valence-electron chi connectivity index (χ4n) is 2.15. The maximum atomic E-state index is 11.6. The van der Waals surface area contributed by atoms with Crippen molar-refractivity contribution in [3.63, 3.8) is 0 Å². The van der Waals surface area contributed by atoms with E-state index in [0.29, 0.717) is 18.2 Å². The summed E-state index contributed by atoms with van der Waals surface area (Å²) in [7, 11) is 0. The van der Waals surface area contributed by atoms with E-state index in [4.69, 9.17) is 17.3 Å². The number of halogens is 1. The molecule has 0 aromatic heterocycles. The zero-order valence-electron chi connectivity index (χ0n) is 9.96. The number of hydrogen-bond donors (Lipinski definition) is 1. The highest BCUT2D eigenvalue weighted by molar-refractivity contribution is 6.18. The zero-order valence-corrected chi connectivity index (χ0v) is 10.7. The van der Waals surface area contributed by atoms with Crippen molar-refractivity contribution in [1.29, 1.82) is 0 Å². The van der Waals surface area contributed by atoms with Crippen molar-refractivity contribution in [1.82, 2.24) is 4.90 Å². The van der Waals surface area contributed by atoms with Crippen molar-refractivity contribution < 1.29 is 4.79 Å². The average molecular weight is 247 g/mol. The molecule has 1 heterocycles. The number of likely N-dealkylation sites (tertiary alicyclic amines) is 1. The Morgan fingerprint density at radius 2 is 1.94 bits per heavy atom. The number of unbranched alkanes of at least 4 members (excludes halogenated alkanes) is 4. The largest absolute Gasteiger partial charge is 0.342 e. The first kappa shape index (κ1) is 13.8. The molecule has 1 fully saturated rings. The molecule has 0 aromatic rings. The fraction of sp³-hybridized carbons (Fsp3) is 0.917. The van der Waals surface area contributed by atoms with Gasteiger partial charge in [0, 0.05) is 25.4 Å². The molecule has 1 aliphatic rings. The predicted molar refractivity (Wildman–Crippen MR) is 67.5 cm³/mol. The van der Waals surface area contributed by atoms with E-state index in [9.17, 15) is 4.79 Å². The lowest BCUT2D eigenvalue weighted by molar-refractivity contribution is -0.127. The molecule has 16 heavy (non-hydrogen) atoms. The predicted octanol–water partition coefficient (Wildman–Crippen LogP) is 1.98. The molecule has 1 atom stereocenters. The van der Waals surface area contributed by atoms with Gasteiger partial charge >= 0.3 is 0 Å². The number of nitrogens with two attached hydrogens (primary N) is 1. The lowest BCUT2D eigenvalue weighted by Crippen LogP contribution is -2.26. The third kappa shape index (κ3) is 4.71. The van der Waals surface area contributed by atoms with Crippen LogP contribution in [0.2, 0.25) is 0 Å². The van der Waals surface area contributed by atoms with Gasteiger partial charge in [-0.3, -0.25) is 4.79 Å². The summed E-state index contributed by atoms with van der Waals surface area (Å²) in [5, 5.41) is 0. The summed E-state index contributed by atoms with van der Waals surface area (Å²) >= 11 is 5.77. The Kier molecular flexibility index (Phi) is 6.81. The molecular formula is C12H23ClN2O. The Hall–Kier alpha value is -0.280. The van der Waals surface area contributed by atoms with Crippen LogP contribution in [0, 0.1) is 5.92 Å². The first-order valence-electron chi connectivity index (χ1n) is 6.31. The van der Waals surface area contributed by atoms with Crippen molar-refractivity contribution in [3.8, 4) is 0 Å². The first-order valence-corrected chi connectivity index (χ1v) is 6.85. The lowest BCUT2D eigenvalue weighted by Gasteiger charge is -2.15. The highest BCUT2D eigenvalue weighted by Crippen LogP contribution is 2.19. The van der Waals surface area contributed by atoms with Crippen LogP contribution in [0.3, 0.4) is 0 Å². The summed E-state index contributed by atoms with van der Waals surface area (Å²) in [6, 6.07) is 0. The summed E-state index contributed by atoms with van der Waals surface area (Å²) in [5.74, 6) is 1.28. The van der Waals surface area contributed by atoms with Crippen LogP contribution < -0.4 is 5.73 Å². The second-order valence-corrected chi connectivity index (χ2v) is 4.93. The smallest absolute Gasteiger partial charge is 0.222 e. The molecule has 2 N–H and O–H groups in total. The van der Waals surface area contributed by atoms with Gasteiger partial charge in [-0.25, -0.2) is 0 Å². The minimum atomic E-state index is 0.285. The molecule has 4 heteroatoms. The highest BCUT2D eigenvalue weighted by Gasteiger charge is 2.27. The Morgan fingerprint density at radius 3 is 2.56 bits per heavy atom. The van der Waals surface area contributed by atoms with Crippen LogP contribution in [-0.4, -0.2) is 36.3 Å². The Balaban J connectivity index is 2.03. The number of carbonyl (C=O) groups is 1. The quantitative estimate of drug-likeness (QED) is 0.526. The van der Waals surface area contributed by atoms with E-state index in [1.54, 1.807) is 0 Å². The van der Waals surface area contributed by atoms with E-state index >= 15 is 0 Å². The van der Waals surface area contributed by atoms with Crippen molar-refractivity contribution in [2.75, 3.05) is 25.5 Å². The molecule has 1 amide bonds. The van der Waals surface area contributed by atoms with Crippen molar-refractivity contribution in [2.45, 2.75) is 38.5 Å². The molecule has 1 aliphatic heterocycles. The Bertz CT molecular complexity index is 211. The van der Waals surface area contributed by atoms with E-state index < -0.39 is 0 Å². The third-order valence-corrected chi connectivity index (χ3v) is 3.58. The second-order valence-electron chi connectivity index (χ2n) is 4.62. The average Bonchev–Trinajstić information content (AvgIpc) is 2.65. The highest BCUT2D eigenvalue weighted by atomic mass is 35.5. The molecule has 0 aliphatic carbocycles. The molecule has 0 radical (unpaired) electrons. The van der Waals surface area contributed by atoms with Crippen LogP contribution in [-0.2, 0) is 4.79 Å². The summed E-state index contributed by atoms with van der Waals surface area (Å²) < 4.78 is 0. The minimum Gasteiger partial charge on any atom is -0.342 e. The first-order chi connectivity index (χ1) is 7.77. The number of carbonyl (C=O) groups excluding carboxylic acids is 1. The molecule has 94 valence electrons. The van der Waals surface area contributed by atoms with Gasteiger partial charge in [0.15, 0.2) is 0 Å². The molecule has 1 unspecified atom stereocenters. The molecule has 0 aromatic carbocycles. The van der Waals surface area contributed by atoms with Gasteiger partial charge in [-0.15, -0.1) is 11.6 Å². The van der Waals surface area contributed by atoms with E-state index in [0.717, 1.165) is 32.5 Å². The lowest BCUT2D eigenvalue weighted by atomic mass is 10.1. The standard InChI is InChI=1S/C12H23ClN2O/c13-9-11-8-12(16)15(10-11)7-5-3-1-2-4-6-14/h11H,1-10,14H2. The summed E-state index contributed by atoms with van der Waals surface area (Å²) in [6.45, 7) is 2.57. The van der Waals surface area contributed by atoms with Gasteiger partial charge in [0.25, 0.3) is 0 Å². The number of amides is 1. The summed E-state index contributed by atoms with van der Waals surface area (Å²) in [4.78, 5) is 13.5. The van der Waals surface area contributed by atoms with E-state index in [1.165, 1.54) is 19.3 Å². The van der Waals surface area contributed by atoms with Gasteiger partial charge in [0.2, 0.25) is 5.91 Å². The Labute approximate surface area is 103 Å². The van der Waals surface area contributed by atoms with Crippen molar-refractivity contribution >= 4 is 17.5 Å². The van der Waals surface area contributed by atoms with Crippen LogP contribution in [0.25, 0.3) is 0 Å². The molecule has 1 rings (SSSR count). The molecule has 0 spiro atoms. The van der Waals surface area contributed by atoms with Crippen molar-refractivity contribution in [2.24, 2.45) is 11.7 Å². The second kappa shape index (κ2) is 7.91. The summed E-state index contributed by atoms with van der Waals surface area (Å²) in [6.07, 6.45) is 6.54. The monoisotopic (exact) mass is 246 g/mol. The maximum Gasteiger partial charge on any atom is 0.222 e. The minimum absolute atomic E-state index is 0.285. The Morgan fingerprint density at radius 1 is 1.25 bits per heavy atom. The van der Waals surface area contributed by atoms with Gasteiger partial charge in [-0.1, -0.05) is 19.3 Å². The van der Waals surface area contributed by atoms with E-state index in [1.807, 2.05) is 4.90 Å². The maximum absolute atomic E-state index is 11.6.